The maximum Gasteiger partial charge on any atom is 0.338 e. The predicted octanol–water partition coefficient (Wildman–Crippen LogP) is 4.93. The van der Waals surface area contributed by atoms with Crippen LogP contribution in [-0.4, -0.2) is 27.6 Å². The third-order valence-corrected chi connectivity index (χ3v) is 4.40. The summed E-state index contributed by atoms with van der Waals surface area (Å²) in [5, 5.41) is 9.05. The number of aromatic carboxylic acids is 1. The average Bonchev–Trinajstić information content (AvgIpc) is 2.54. The van der Waals surface area contributed by atoms with E-state index in [0.717, 1.165) is 5.69 Å². The summed E-state index contributed by atoms with van der Waals surface area (Å²) < 4.78 is 0. The van der Waals surface area contributed by atoms with Crippen LogP contribution in [0.25, 0.3) is 0 Å². The van der Waals surface area contributed by atoms with E-state index in [0.29, 0.717) is 12.5 Å². The van der Waals surface area contributed by atoms with E-state index in [9.17, 15) is 4.79 Å². The van der Waals surface area contributed by atoms with Gasteiger partial charge in [0.05, 0.1) is 5.56 Å². The highest BCUT2D eigenvalue weighted by molar-refractivity contribution is 5.86. The van der Waals surface area contributed by atoms with Gasteiger partial charge in [0.1, 0.15) is 0 Å². The fourth-order valence-electron chi connectivity index (χ4n) is 2.64. The molecule has 0 atom stereocenters. The standard InChI is InChI=1S/C21H29N3O2/c1-8-24(19-22-12-14(13-23-19)18(25)26)17-10-15(20(2,3)4)9-16(11-17)21(5,6)7/h9-13H,8H2,1-7H3,(H,25,26). The minimum absolute atomic E-state index is 0.0173. The number of anilines is 2. The molecule has 0 unspecified atom stereocenters. The van der Waals surface area contributed by atoms with Gasteiger partial charge in [0, 0.05) is 24.6 Å². The minimum atomic E-state index is -1.02. The Balaban J connectivity index is 2.57. The zero-order valence-electron chi connectivity index (χ0n) is 16.8. The van der Waals surface area contributed by atoms with Crippen molar-refractivity contribution in [2.75, 3.05) is 11.4 Å². The van der Waals surface area contributed by atoms with Gasteiger partial charge in [-0.1, -0.05) is 47.6 Å². The van der Waals surface area contributed by atoms with E-state index in [1.54, 1.807) is 0 Å². The molecule has 0 spiro atoms. The molecule has 5 nitrogen and oxygen atoms in total. The summed E-state index contributed by atoms with van der Waals surface area (Å²) in [5.41, 5.74) is 3.64. The quantitative estimate of drug-likeness (QED) is 0.842. The fraction of sp³-hybridized carbons (Fsp3) is 0.476. The first kappa shape index (κ1) is 19.9. The van der Waals surface area contributed by atoms with Crippen LogP contribution in [0.15, 0.2) is 30.6 Å². The Hall–Kier alpha value is -2.43. The molecule has 0 saturated heterocycles. The molecule has 2 rings (SSSR count). The lowest BCUT2D eigenvalue weighted by Gasteiger charge is -2.29. The largest absolute Gasteiger partial charge is 0.478 e. The molecular formula is C21H29N3O2. The van der Waals surface area contributed by atoms with Crippen LogP contribution in [-0.2, 0) is 10.8 Å². The average molecular weight is 355 g/mol. The lowest BCUT2D eigenvalue weighted by Crippen LogP contribution is -2.22. The van der Waals surface area contributed by atoms with Crippen LogP contribution in [0.2, 0.25) is 0 Å². The molecule has 0 amide bonds. The molecule has 0 fully saturated rings. The number of carboxylic acids is 1. The number of hydrogen-bond donors (Lipinski definition) is 1. The Labute approximate surface area is 156 Å². The van der Waals surface area contributed by atoms with E-state index in [4.69, 9.17) is 5.11 Å². The second-order valence-electron chi connectivity index (χ2n) is 8.59. The molecule has 0 aliphatic carbocycles. The van der Waals surface area contributed by atoms with Crippen molar-refractivity contribution in [2.24, 2.45) is 0 Å². The Morgan fingerprint density at radius 1 is 0.962 bits per heavy atom. The van der Waals surface area contributed by atoms with E-state index in [1.807, 2.05) is 11.8 Å². The van der Waals surface area contributed by atoms with Crippen LogP contribution in [0.1, 0.15) is 70.0 Å². The number of nitrogens with zero attached hydrogens (tertiary/aromatic N) is 3. The maximum absolute atomic E-state index is 11.0. The first-order valence-electron chi connectivity index (χ1n) is 8.92. The zero-order chi connectivity index (χ0) is 19.7. The van der Waals surface area contributed by atoms with Crippen LogP contribution in [0, 0.1) is 0 Å². The lowest BCUT2D eigenvalue weighted by molar-refractivity contribution is 0.0696. The Kier molecular flexibility index (Phi) is 5.40. The van der Waals surface area contributed by atoms with Crippen molar-refractivity contribution in [3.8, 4) is 0 Å². The monoisotopic (exact) mass is 355 g/mol. The predicted molar refractivity (Wildman–Crippen MR) is 106 cm³/mol. The molecular weight excluding hydrogens is 326 g/mol. The highest BCUT2D eigenvalue weighted by atomic mass is 16.4. The van der Waals surface area contributed by atoms with Crippen LogP contribution in [0.3, 0.4) is 0 Å². The van der Waals surface area contributed by atoms with E-state index >= 15 is 0 Å². The first-order valence-corrected chi connectivity index (χ1v) is 8.92. The van der Waals surface area contributed by atoms with Crippen LogP contribution in [0.5, 0.6) is 0 Å². The molecule has 0 aliphatic heterocycles. The van der Waals surface area contributed by atoms with Gasteiger partial charge in [-0.05, 0) is 41.0 Å². The molecule has 26 heavy (non-hydrogen) atoms. The molecule has 0 saturated carbocycles. The fourth-order valence-corrected chi connectivity index (χ4v) is 2.64. The van der Waals surface area contributed by atoms with E-state index < -0.39 is 5.97 Å². The number of carboxylic acid groups (broad SMARTS) is 1. The Morgan fingerprint density at radius 2 is 1.42 bits per heavy atom. The number of rotatable bonds is 4. The Morgan fingerprint density at radius 3 is 1.77 bits per heavy atom. The van der Waals surface area contributed by atoms with Gasteiger partial charge in [0.2, 0.25) is 5.95 Å². The van der Waals surface area contributed by atoms with Crippen molar-refractivity contribution in [3.63, 3.8) is 0 Å². The summed E-state index contributed by atoms with van der Waals surface area (Å²) >= 11 is 0. The minimum Gasteiger partial charge on any atom is -0.478 e. The van der Waals surface area contributed by atoms with Gasteiger partial charge in [-0.25, -0.2) is 14.8 Å². The van der Waals surface area contributed by atoms with Gasteiger partial charge >= 0.3 is 5.97 Å². The topological polar surface area (TPSA) is 66.3 Å². The molecule has 0 bridgehead atoms. The van der Waals surface area contributed by atoms with Crippen molar-refractivity contribution in [3.05, 3.63) is 47.3 Å². The number of hydrogen-bond acceptors (Lipinski definition) is 4. The van der Waals surface area contributed by atoms with E-state index in [-0.39, 0.29) is 16.4 Å². The smallest absolute Gasteiger partial charge is 0.338 e. The molecule has 1 heterocycles. The molecule has 2 aromatic rings. The highest BCUT2D eigenvalue weighted by Crippen LogP contribution is 2.34. The van der Waals surface area contributed by atoms with Gasteiger partial charge < -0.3 is 10.0 Å². The molecule has 5 heteroatoms. The van der Waals surface area contributed by atoms with Crippen LogP contribution < -0.4 is 4.90 Å². The zero-order valence-corrected chi connectivity index (χ0v) is 16.8. The summed E-state index contributed by atoms with van der Waals surface area (Å²) in [6.45, 7) is 15.9. The lowest BCUT2D eigenvalue weighted by atomic mass is 9.80. The van der Waals surface area contributed by atoms with Gasteiger partial charge in [-0.3, -0.25) is 0 Å². The molecule has 1 N–H and O–H groups in total. The van der Waals surface area contributed by atoms with Crippen molar-refractivity contribution in [2.45, 2.75) is 59.3 Å². The molecule has 0 aliphatic rings. The number of carbonyl (C=O) groups is 1. The molecule has 1 aromatic carbocycles. The Bertz CT molecular complexity index is 752. The van der Waals surface area contributed by atoms with Crippen LogP contribution >= 0.6 is 0 Å². The van der Waals surface area contributed by atoms with Crippen LogP contribution in [0.4, 0.5) is 11.6 Å². The van der Waals surface area contributed by atoms with E-state index in [1.165, 1.54) is 23.5 Å². The second kappa shape index (κ2) is 7.06. The molecule has 140 valence electrons. The van der Waals surface area contributed by atoms with Crippen molar-refractivity contribution in [1.29, 1.82) is 0 Å². The van der Waals surface area contributed by atoms with Gasteiger partial charge in [0.25, 0.3) is 0 Å². The molecule has 0 radical (unpaired) electrons. The molecule has 1 aromatic heterocycles. The first-order chi connectivity index (χ1) is 11.9. The third kappa shape index (κ3) is 4.40. The maximum atomic E-state index is 11.0. The summed E-state index contributed by atoms with van der Waals surface area (Å²) in [7, 11) is 0. The third-order valence-electron chi connectivity index (χ3n) is 4.40. The SMILES string of the molecule is CCN(c1cc(C(C)(C)C)cc(C(C)(C)C)c1)c1ncc(C(=O)O)cn1. The van der Waals surface area contributed by atoms with Gasteiger partial charge in [0.15, 0.2) is 0 Å². The van der Waals surface area contributed by atoms with Crippen molar-refractivity contribution >= 4 is 17.6 Å². The van der Waals surface area contributed by atoms with Gasteiger partial charge in [-0.2, -0.15) is 0 Å². The van der Waals surface area contributed by atoms with Crippen molar-refractivity contribution in [1.82, 2.24) is 9.97 Å². The van der Waals surface area contributed by atoms with E-state index in [2.05, 4.69) is 69.7 Å². The number of aromatic nitrogens is 2. The summed E-state index contributed by atoms with van der Waals surface area (Å²) in [6, 6.07) is 6.62. The summed E-state index contributed by atoms with van der Waals surface area (Å²) in [4.78, 5) is 21.6. The summed E-state index contributed by atoms with van der Waals surface area (Å²) in [6.07, 6.45) is 2.71. The highest BCUT2D eigenvalue weighted by Gasteiger charge is 2.23. The van der Waals surface area contributed by atoms with Gasteiger partial charge in [-0.15, -0.1) is 0 Å². The number of benzene rings is 1. The second-order valence-corrected chi connectivity index (χ2v) is 8.59. The normalized spacial score (nSPS) is 12.1. The van der Waals surface area contributed by atoms with Crippen molar-refractivity contribution < 1.29 is 9.90 Å². The summed E-state index contributed by atoms with van der Waals surface area (Å²) in [5.74, 6) is -0.521.